The lowest BCUT2D eigenvalue weighted by atomic mass is 10.1. The van der Waals surface area contributed by atoms with Crippen molar-refractivity contribution in [2.45, 2.75) is 19.9 Å². The monoisotopic (exact) mass is 386 g/mol. The second kappa shape index (κ2) is 8.88. The Morgan fingerprint density at radius 2 is 1.42 bits per heavy atom. The third-order valence-corrected chi connectivity index (χ3v) is 4.36. The average Bonchev–Trinajstić information content (AvgIpc) is 2.63. The van der Waals surface area contributed by atoms with E-state index in [0.29, 0.717) is 12.5 Å². The summed E-state index contributed by atoms with van der Waals surface area (Å²) in [5.41, 5.74) is 3.27. The number of benzene rings is 2. The van der Waals surface area contributed by atoms with E-state index in [-0.39, 0.29) is 0 Å². The highest BCUT2D eigenvalue weighted by atomic mass is 35.5. The lowest BCUT2D eigenvalue weighted by molar-refractivity contribution is 0.970. The first kappa shape index (κ1) is 18.5. The highest BCUT2D eigenvalue weighted by Gasteiger charge is 2.03. The fourth-order valence-corrected chi connectivity index (χ4v) is 2.75. The van der Waals surface area contributed by atoms with Crippen LogP contribution in [-0.4, -0.2) is 16.5 Å². The first-order chi connectivity index (χ1) is 12.6. The van der Waals surface area contributed by atoms with E-state index in [1.54, 1.807) is 0 Å². The Hall–Kier alpha value is -2.30. The molecule has 26 heavy (non-hydrogen) atoms. The maximum Gasteiger partial charge on any atom is 0.224 e. The van der Waals surface area contributed by atoms with Gasteiger partial charge in [0.25, 0.3) is 0 Å². The lowest BCUT2D eigenvalue weighted by Gasteiger charge is -2.10. The third-order valence-electron chi connectivity index (χ3n) is 3.85. The van der Waals surface area contributed by atoms with Crippen molar-refractivity contribution < 1.29 is 0 Å². The van der Waals surface area contributed by atoms with Crippen LogP contribution in [0.1, 0.15) is 16.8 Å². The maximum atomic E-state index is 5.92. The van der Waals surface area contributed by atoms with Gasteiger partial charge in [0, 0.05) is 34.9 Å². The number of rotatable bonds is 7. The van der Waals surface area contributed by atoms with E-state index in [1.165, 1.54) is 5.56 Å². The summed E-state index contributed by atoms with van der Waals surface area (Å²) in [7, 11) is 0. The van der Waals surface area contributed by atoms with E-state index >= 15 is 0 Å². The number of aromatic nitrogens is 2. The highest BCUT2D eigenvalue weighted by molar-refractivity contribution is 6.30. The van der Waals surface area contributed by atoms with Gasteiger partial charge in [0.15, 0.2) is 0 Å². The van der Waals surface area contributed by atoms with Crippen molar-refractivity contribution in [1.82, 2.24) is 9.97 Å². The van der Waals surface area contributed by atoms with E-state index in [4.69, 9.17) is 23.2 Å². The Labute approximate surface area is 163 Å². The predicted molar refractivity (Wildman–Crippen MR) is 109 cm³/mol. The van der Waals surface area contributed by atoms with Crippen molar-refractivity contribution in [1.29, 1.82) is 0 Å². The van der Waals surface area contributed by atoms with Gasteiger partial charge in [0.2, 0.25) is 5.95 Å². The fraction of sp³-hybridized carbons (Fsp3) is 0.200. The summed E-state index contributed by atoms with van der Waals surface area (Å²) in [6.07, 6.45) is 0.877. The predicted octanol–water partition coefficient (Wildman–Crippen LogP) is 5.36. The van der Waals surface area contributed by atoms with E-state index in [2.05, 4.69) is 20.6 Å². The number of hydrogen-bond donors (Lipinski definition) is 2. The van der Waals surface area contributed by atoms with Crippen molar-refractivity contribution in [3.63, 3.8) is 0 Å². The summed E-state index contributed by atoms with van der Waals surface area (Å²) in [5.74, 6) is 1.42. The Bertz CT molecular complexity index is 849. The Balaban J connectivity index is 1.56. The molecule has 0 aliphatic carbocycles. The van der Waals surface area contributed by atoms with E-state index < -0.39 is 0 Å². The number of aryl methyl sites for hydroxylation is 1. The minimum atomic E-state index is 0.623. The number of nitrogens with zero attached hydrogens (tertiary/aromatic N) is 2. The van der Waals surface area contributed by atoms with Gasteiger partial charge in [0.1, 0.15) is 5.82 Å². The van der Waals surface area contributed by atoms with Gasteiger partial charge in [-0.3, -0.25) is 0 Å². The van der Waals surface area contributed by atoms with Crippen molar-refractivity contribution >= 4 is 35.0 Å². The molecule has 0 aliphatic heterocycles. The minimum absolute atomic E-state index is 0.623. The van der Waals surface area contributed by atoms with Crippen LogP contribution in [-0.2, 0) is 13.0 Å². The molecule has 0 atom stereocenters. The highest BCUT2D eigenvalue weighted by Crippen LogP contribution is 2.14. The number of hydrogen-bond acceptors (Lipinski definition) is 4. The molecular formula is C20H20Cl2N4. The molecule has 6 heteroatoms. The van der Waals surface area contributed by atoms with Gasteiger partial charge in [-0.2, -0.15) is 4.98 Å². The zero-order valence-corrected chi connectivity index (χ0v) is 16.0. The van der Waals surface area contributed by atoms with Gasteiger partial charge < -0.3 is 10.6 Å². The number of anilines is 2. The molecule has 3 aromatic rings. The molecule has 0 aliphatic rings. The smallest absolute Gasteiger partial charge is 0.224 e. The first-order valence-electron chi connectivity index (χ1n) is 8.41. The Kier molecular flexibility index (Phi) is 6.31. The second-order valence-electron chi connectivity index (χ2n) is 6.00. The largest absolute Gasteiger partial charge is 0.366 e. The van der Waals surface area contributed by atoms with Crippen LogP contribution in [0.25, 0.3) is 0 Å². The number of nitrogens with one attached hydrogen (secondary N) is 2. The number of halogens is 2. The molecule has 4 nitrogen and oxygen atoms in total. The molecule has 0 spiro atoms. The molecule has 3 rings (SSSR count). The van der Waals surface area contributed by atoms with Gasteiger partial charge in [-0.1, -0.05) is 47.5 Å². The molecule has 1 aromatic heterocycles. The molecule has 2 aromatic carbocycles. The van der Waals surface area contributed by atoms with E-state index in [9.17, 15) is 0 Å². The third kappa shape index (κ3) is 5.61. The molecule has 0 amide bonds. The van der Waals surface area contributed by atoms with Crippen LogP contribution in [0, 0.1) is 6.92 Å². The molecule has 1 heterocycles. The van der Waals surface area contributed by atoms with Crippen molar-refractivity contribution in [3.05, 3.63) is 81.5 Å². The van der Waals surface area contributed by atoms with Crippen LogP contribution in [0.5, 0.6) is 0 Å². The molecule has 134 valence electrons. The van der Waals surface area contributed by atoms with Crippen LogP contribution in [0.4, 0.5) is 11.8 Å². The molecule has 0 bridgehead atoms. The Morgan fingerprint density at radius 1 is 0.808 bits per heavy atom. The van der Waals surface area contributed by atoms with Gasteiger partial charge >= 0.3 is 0 Å². The topological polar surface area (TPSA) is 49.8 Å². The molecule has 0 fully saturated rings. The normalized spacial score (nSPS) is 10.6. The Morgan fingerprint density at radius 3 is 2.08 bits per heavy atom. The van der Waals surface area contributed by atoms with Crippen LogP contribution in [0.2, 0.25) is 10.0 Å². The summed E-state index contributed by atoms with van der Waals surface area (Å²) in [6, 6.07) is 17.5. The average molecular weight is 387 g/mol. The van der Waals surface area contributed by atoms with Gasteiger partial charge in [-0.15, -0.1) is 0 Å². The quantitative estimate of drug-likeness (QED) is 0.573. The standard InChI is InChI=1S/C20H20Cl2N4/c1-14-12-19(24-13-16-4-8-18(22)9-5-16)26-20(25-14)23-11-10-15-2-6-17(21)7-3-15/h2-9,12H,10-11,13H2,1H3,(H2,23,24,25,26). The van der Waals surface area contributed by atoms with Crippen molar-refractivity contribution in [2.75, 3.05) is 17.2 Å². The van der Waals surface area contributed by atoms with Gasteiger partial charge in [0.05, 0.1) is 0 Å². The summed E-state index contributed by atoms with van der Waals surface area (Å²) in [5, 5.41) is 8.09. The lowest BCUT2D eigenvalue weighted by Crippen LogP contribution is -2.10. The molecule has 0 saturated heterocycles. The van der Waals surface area contributed by atoms with E-state index in [1.807, 2.05) is 61.5 Å². The zero-order chi connectivity index (χ0) is 18.4. The van der Waals surface area contributed by atoms with Crippen LogP contribution < -0.4 is 10.6 Å². The van der Waals surface area contributed by atoms with Crippen molar-refractivity contribution in [2.24, 2.45) is 0 Å². The second-order valence-corrected chi connectivity index (χ2v) is 6.87. The van der Waals surface area contributed by atoms with Gasteiger partial charge in [-0.25, -0.2) is 4.98 Å². The molecule has 2 N–H and O–H groups in total. The SMILES string of the molecule is Cc1cc(NCc2ccc(Cl)cc2)nc(NCCc2ccc(Cl)cc2)n1. The molecular weight excluding hydrogens is 367 g/mol. The summed E-state index contributed by atoms with van der Waals surface area (Å²) in [4.78, 5) is 8.98. The van der Waals surface area contributed by atoms with Crippen molar-refractivity contribution in [3.8, 4) is 0 Å². The first-order valence-corrected chi connectivity index (χ1v) is 9.16. The molecule has 0 radical (unpaired) electrons. The van der Waals surface area contributed by atoms with Crippen LogP contribution in [0.15, 0.2) is 54.6 Å². The molecule has 0 unspecified atom stereocenters. The van der Waals surface area contributed by atoms with E-state index in [0.717, 1.165) is 40.1 Å². The zero-order valence-electron chi connectivity index (χ0n) is 14.5. The van der Waals surface area contributed by atoms with Crippen LogP contribution in [0.3, 0.4) is 0 Å². The summed E-state index contributed by atoms with van der Waals surface area (Å²) >= 11 is 11.8. The fourth-order valence-electron chi connectivity index (χ4n) is 2.50. The van der Waals surface area contributed by atoms with Gasteiger partial charge in [-0.05, 0) is 48.7 Å². The minimum Gasteiger partial charge on any atom is -0.366 e. The van der Waals surface area contributed by atoms with Crippen LogP contribution >= 0.6 is 23.2 Å². The summed E-state index contributed by atoms with van der Waals surface area (Å²) < 4.78 is 0. The maximum absolute atomic E-state index is 5.92. The molecule has 0 saturated carbocycles. The summed E-state index contributed by atoms with van der Waals surface area (Å²) in [6.45, 7) is 3.39.